The average Bonchev–Trinajstić information content (AvgIpc) is 2.39. The van der Waals surface area contributed by atoms with Crippen molar-refractivity contribution < 1.29 is 23.1 Å². The van der Waals surface area contributed by atoms with Gasteiger partial charge in [0, 0.05) is 27.1 Å². The monoisotopic (exact) mass is 320 g/mol. The van der Waals surface area contributed by atoms with Gasteiger partial charge in [-0.3, -0.25) is 9.59 Å². The number of rotatable bonds is 7. The summed E-state index contributed by atoms with van der Waals surface area (Å²) < 4.78 is 24.2. The maximum atomic E-state index is 11.9. The molecule has 0 aromatic heterocycles. The van der Waals surface area contributed by atoms with E-state index in [1.165, 1.54) is 14.1 Å². The summed E-state index contributed by atoms with van der Waals surface area (Å²) in [6.45, 7) is -0.00491. The Morgan fingerprint density at radius 3 is 2.24 bits per heavy atom. The highest BCUT2D eigenvalue weighted by Crippen LogP contribution is 2.39. The van der Waals surface area contributed by atoms with Gasteiger partial charge in [-0.15, -0.1) is 0 Å². The van der Waals surface area contributed by atoms with Crippen LogP contribution in [-0.2, 0) is 19.6 Å². The van der Waals surface area contributed by atoms with Crippen molar-refractivity contribution in [1.82, 2.24) is 9.62 Å². The number of aliphatic carboxylic acids is 1. The third-order valence-corrected chi connectivity index (χ3v) is 5.83. The summed E-state index contributed by atoms with van der Waals surface area (Å²) in [6, 6.07) is 0. The number of sulfonamides is 1. The number of carboxylic acids is 1. The zero-order valence-electron chi connectivity index (χ0n) is 12.6. The number of hydrogen-bond acceptors (Lipinski definition) is 4. The molecule has 0 aliphatic heterocycles. The van der Waals surface area contributed by atoms with E-state index < -0.39 is 27.3 Å². The Hall–Kier alpha value is -1.15. The van der Waals surface area contributed by atoms with Crippen LogP contribution >= 0.6 is 0 Å². The normalized spacial score (nSPS) is 18.4. The van der Waals surface area contributed by atoms with Crippen molar-refractivity contribution in [1.29, 1.82) is 0 Å². The zero-order valence-corrected chi connectivity index (χ0v) is 13.4. The first-order chi connectivity index (χ1) is 9.69. The summed E-state index contributed by atoms with van der Waals surface area (Å²) in [5.41, 5.74) is -0.983. The Kier molecular flexibility index (Phi) is 6.15. The Labute approximate surface area is 125 Å². The number of carbonyl (C=O) groups excluding carboxylic acids is 1. The zero-order chi connectivity index (χ0) is 16.1. The van der Waals surface area contributed by atoms with Crippen molar-refractivity contribution >= 4 is 21.9 Å². The minimum atomic E-state index is -3.36. The van der Waals surface area contributed by atoms with Crippen LogP contribution in [0.15, 0.2) is 0 Å². The molecule has 1 amide bonds. The SMILES string of the molecule is CN(C)S(=O)(=O)CCNC(=O)CC1(C(=O)O)CCCCC1. The predicted octanol–water partition coefficient (Wildman–Crippen LogP) is 0.419. The number of carbonyl (C=O) groups is 2. The maximum Gasteiger partial charge on any atom is 0.310 e. The van der Waals surface area contributed by atoms with E-state index in [-0.39, 0.29) is 18.7 Å². The summed E-state index contributed by atoms with van der Waals surface area (Å²) in [5, 5.41) is 11.9. The van der Waals surface area contributed by atoms with E-state index in [0.29, 0.717) is 12.8 Å². The van der Waals surface area contributed by atoms with Crippen molar-refractivity contribution in [2.75, 3.05) is 26.4 Å². The molecular weight excluding hydrogens is 296 g/mol. The van der Waals surface area contributed by atoms with Crippen LogP contribution in [0.1, 0.15) is 38.5 Å². The van der Waals surface area contributed by atoms with Gasteiger partial charge >= 0.3 is 5.97 Å². The predicted molar refractivity (Wildman–Crippen MR) is 78.3 cm³/mol. The molecule has 0 aromatic rings. The van der Waals surface area contributed by atoms with Gasteiger partial charge < -0.3 is 10.4 Å². The molecule has 122 valence electrons. The third-order valence-electron chi connectivity index (χ3n) is 4.00. The van der Waals surface area contributed by atoms with Crippen LogP contribution in [-0.4, -0.2) is 56.1 Å². The lowest BCUT2D eigenvalue weighted by Gasteiger charge is -2.32. The first kappa shape index (κ1) is 17.9. The summed E-state index contributed by atoms with van der Waals surface area (Å²) in [5.74, 6) is -1.52. The van der Waals surface area contributed by atoms with E-state index in [4.69, 9.17) is 0 Å². The molecule has 1 aliphatic rings. The van der Waals surface area contributed by atoms with Crippen LogP contribution in [0.3, 0.4) is 0 Å². The molecule has 0 saturated heterocycles. The average molecular weight is 320 g/mol. The molecule has 1 fully saturated rings. The molecule has 1 rings (SSSR count). The van der Waals surface area contributed by atoms with Gasteiger partial charge in [0.05, 0.1) is 11.2 Å². The maximum absolute atomic E-state index is 11.9. The molecule has 1 aliphatic carbocycles. The molecule has 0 radical (unpaired) electrons. The molecule has 21 heavy (non-hydrogen) atoms. The van der Waals surface area contributed by atoms with E-state index >= 15 is 0 Å². The fourth-order valence-electron chi connectivity index (χ4n) is 2.57. The van der Waals surface area contributed by atoms with E-state index in [9.17, 15) is 23.1 Å². The Morgan fingerprint density at radius 1 is 1.19 bits per heavy atom. The molecule has 1 saturated carbocycles. The van der Waals surface area contributed by atoms with Gasteiger partial charge in [0.15, 0.2) is 0 Å². The molecular formula is C13H24N2O5S. The van der Waals surface area contributed by atoms with Crippen molar-refractivity contribution in [3.8, 4) is 0 Å². The molecule has 0 bridgehead atoms. The molecule has 0 heterocycles. The molecule has 8 heteroatoms. The Bertz CT molecular complexity index is 481. The van der Waals surface area contributed by atoms with Crippen LogP contribution in [0.25, 0.3) is 0 Å². The highest BCUT2D eigenvalue weighted by atomic mass is 32.2. The van der Waals surface area contributed by atoms with Gasteiger partial charge in [0.25, 0.3) is 0 Å². The Balaban J connectivity index is 2.50. The molecule has 0 aromatic carbocycles. The number of amides is 1. The van der Waals surface area contributed by atoms with E-state index in [0.717, 1.165) is 23.6 Å². The molecule has 0 atom stereocenters. The first-order valence-electron chi connectivity index (χ1n) is 7.10. The summed E-state index contributed by atoms with van der Waals surface area (Å²) >= 11 is 0. The first-order valence-corrected chi connectivity index (χ1v) is 8.71. The van der Waals surface area contributed by atoms with Crippen LogP contribution < -0.4 is 5.32 Å². The second kappa shape index (κ2) is 7.22. The van der Waals surface area contributed by atoms with E-state index in [1.807, 2.05) is 0 Å². The number of nitrogens with one attached hydrogen (secondary N) is 1. The van der Waals surface area contributed by atoms with Gasteiger partial charge in [0.2, 0.25) is 15.9 Å². The highest BCUT2D eigenvalue weighted by molar-refractivity contribution is 7.89. The van der Waals surface area contributed by atoms with Crippen LogP contribution in [0.5, 0.6) is 0 Å². The summed E-state index contributed by atoms with van der Waals surface area (Å²) in [6.07, 6.45) is 3.56. The fourth-order valence-corrected chi connectivity index (χ4v) is 3.29. The van der Waals surface area contributed by atoms with Gasteiger partial charge in [-0.05, 0) is 12.8 Å². The minimum absolute atomic E-state index is 0.00491. The quantitative estimate of drug-likeness (QED) is 0.707. The van der Waals surface area contributed by atoms with E-state index in [1.54, 1.807) is 0 Å². The largest absolute Gasteiger partial charge is 0.481 e. The molecule has 0 unspecified atom stereocenters. The number of nitrogens with zero attached hydrogens (tertiary/aromatic N) is 1. The second-order valence-corrected chi connectivity index (χ2v) is 8.07. The van der Waals surface area contributed by atoms with Crippen molar-refractivity contribution in [3.63, 3.8) is 0 Å². The van der Waals surface area contributed by atoms with Gasteiger partial charge in [-0.25, -0.2) is 12.7 Å². The highest BCUT2D eigenvalue weighted by Gasteiger charge is 2.41. The van der Waals surface area contributed by atoms with E-state index in [2.05, 4.69) is 5.32 Å². The van der Waals surface area contributed by atoms with Crippen molar-refractivity contribution in [2.45, 2.75) is 38.5 Å². The molecule has 0 spiro atoms. The van der Waals surface area contributed by atoms with Crippen LogP contribution in [0, 0.1) is 5.41 Å². The molecule has 7 nitrogen and oxygen atoms in total. The summed E-state index contributed by atoms with van der Waals surface area (Å²) in [4.78, 5) is 23.3. The van der Waals surface area contributed by atoms with Crippen molar-refractivity contribution in [2.24, 2.45) is 5.41 Å². The third kappa shape index (κ3) is 4.96. The lowest BCUT2D eigenvalue weighted by atomic mass is 9.71. The minimum Gasteiger partial charge on any atom is -0.481 e. The lowest BCUT2D eigenvalue weighted by molar-refractivity contribution is -0.154. The topological polar surface area (TPSA) is 104 Å². The summed E-state index contributed by atoms with van der Waals surface area (Å²) in [7, 11) is -0.498. The fraction of sp³-hybridized carbons (Fsp3) is 0.846. The van der Waals surface area contributed by atoms with Gasteiger partial charge in [0.1, 0.15) is 0 Å². The lowest BCUT2D eigenvalue weighted by Crippen LogP contribution is -2.40. The van der Waals surface area contributed by atoms with Crippen molar-refractivity contribution in [3.05, 3.63) is 0 Å². The molecule has 2 N–H and O–H groups in total. The number of hydrogen-bond donors (Lipinski definition) is 2. The van der Waals surface area contributed by atoms with Gasteiger partial charge in [-0.2, -0.15) is 0 Å². The van der Waals surface area contributed by atoms with Gasteiger partial charge in [-0.1, -0.05) is 19.3 Å². The standard InChI is InChI=1S/C13H24N2O5S/c1-15(2)21(19,20)9-8-14-11(16)10-13(12(17)18)6-4-3-5-7-13/h3-10H2,1-2H3,(H,14,16)(H,17,18). The van der Waals surface area contributed by atoms with Crippen LogP contribution in [0.2, 0.25) is 0 Å². The number of carboxylic acid groups (broad SMARTS) is 1. The van der Waals surface area contributed by atoms with Crippen LogP contribution in [0.4, 0.5) is 0 Å². The second-order valence-electron chi connectivity index (χ2n) is 5.77. The Morgan fingerprint density at radius 2 is 1.76 bits per heavy atom. The smallest absolute Gasteiger partial charge is 0.310 e.